The van der Waals surface area contributed by atoms with E-state index in [1.165, 1.54) is 0 Å². The van der Waals surface area contributed by atoms with E-state index in [-0.39, 0.29) is 0 Å². The molecule has 0 spiro atoms. The summed E-state index contributed by atoms with van der Waals surface area (Å²) in [6.45, 7) is 7.82. The van der Waals surface area contributed by atoms with Crippen LogP contribution in [0.25, 0.3) is 0 Å². The predicted octanol–water partition coefficient (Wildman–Crippen LogP) is 3.12. The normalized spacial score (nSPS) is 14.0. The highest BCUT2D eigenvalue weighted by Crippen LogP contribution is 2.13. The summed E-state index contributed by atoms with van der Waals surface area (Å²) in [6.07, 6.45) is 7.79. The fourth-order valence-corrected chi connectivity index (χ4v) is 1.11. The third kappa shape index (κ3) is 4.12. The van der Waals surface area contributed by atoms with Gasteiger partial charge in [-0.1, -0.05) is 26.0 Å². The van der Waals surface area contributed by atoms with E-state index in [0.717, 1.165) is 31.1 Å². The van der Waals surface area contributed by atoms with Crippen molar-refractivity contribution >= 4 is 6.29 Å². The molecular weight excluding hydrogens is 148 g/mol. The molecule has 0 aromatic carbocycles. The Morgan fingerprint density at radius 3 is 2.50 bits per heavy atom. The fraction of sp³-hybridized carbons (Fsp3) is 0.545. The Kier molecular flexibility index (Phi) is 6.35. The van der Waals surface area contributed by atoms with Crippen molar-refractivity contribution in [1.82, 2.24) is 0 Å². The van der Waals surface area contributed by atoms with Crippen LogP contribution in [0.15, 0.2) is 24.3 Å². The van der Waals surface area contributed by atoms with Gasteiger partial charge < -0.3 is 0 Å². The molecule has 0 aliphatic heterocycles. The summed E-state index contributed by atoms with van der Waals surface area (Å²) in [5, 5.41) is 0. The van der Waals surface area contributed by atoms with Gasteiger partial charge in [0.05, 0.1) is 0 Å². The van der Waals surface area contributed by atoms with Gasteiger partial charge in [-0.25, -0.2) is 0 Å². The first-order chi connectivity index (χ1) is 5.78. The molecule has 0 N–H and O–H groups in total. The fourth-order valence-electron chi connectivity index (χ4n) is 1.11. The quantitative estimate of drug-likeness (QED) is 0.336. The van der Waals surface area contributed by atoms with Crippen LogP contribution in [-0.4, -0.2) is 6.29 Å². The maximum atomic E-state index is 10.5. The zero-order valence-electron chi connectivity index (χ0n) is 8.05. The monoisotopic (exact) mass is 166 g/mol. The smallest absolute Gasteiger partial charge is 0.145 e. The third-order valence-electron chi connectivity index (χ3n) is 2.00. The minimum Gasteiger partial charge on any atom is -0.298 e. The molecule has 0 aliphatic carbocycles. The number of hydrogen-bond donors (Lipinski definition) is 0. The van der Waals surface area contributed by atoms with Gasteiger partial charge >= 0.3 is 0 Å². The summed E-state index contributed by atoms with van der Waals surface area (Å²) in [7, 11) is 0. The lowest BCUT2D eigenvalue weighted by atomic mass is 9.99. The van der Waals surface area contributed by atoms with Crippen LogP contribution in [0, 0.1) is 5.92 Å². The lowest BCUT2D eigenvalue weighted by Gasteiger charge is -2.07. The molecule has 0 bridgehead atoms. The molecule has 0 aliphatic rings. The summed E-state index contributed by atoms with van der Waals surface area (Å²) >= 11 is 0. The van der Waals surface area contributed by atoms with Crippen LogP contribution >= 0.6 is 0 Å². The predicted molar refractivity (Wildman–Crippen MR) is 53.0 cm³/mol. The number of allylic oxidation sites excluding steroid dienone is 3. The SMILES string of the molecule is C=CCC(C=C(C=O)CC)CC. The molecule has 1 nitrogen and oxygen atoms in total. The Bertz CT molecular complexity index is 168. The molecule has 12 heavy (non-hydrogen) atoms. The molecule has 0 heterocycles. The number of carbonyl (C=O) groups excluding carboxylic acids is 1. The molecule has 0 saturated carbocycles. The van der Waals surface area contributed by atoms with Gasteiger partial charge in [0.25, 0.3) is 0 Å². The van der Waals surface area contributed by atoms with Crippen molar-refractivity contribution in [1.29, 1.82) is 0 Å². The van der Waals surface area contributed by atoms with Crippen molar-refractivity contribution in [3.63, 3.8) is 0 Å². The lowest BCUT2D eigenvalue weighted by Crippen LogP contribution is -1.95. The molecular formula is C11H18O. The molecule has 0 amide bonds. The lowest BCUT2D eigenvalue weighted by molar-refractivity contribution is -0.105. The summed E-state index contributed by atoms with van der Waals surface area (Å²) in [6, 6.07) is 0. The van der Waals surface area contributed by atoms with Crippen molar-refractivity contribution in [3.8, 4) is 0 Å². The Morgan fingerprint density at radius 1 is 1.50 bits per heavy atom. The van der Waals surface area contributed by atoms with Gasteiger partial charge in [0.15, 0.2) is 0 Å². The highest BCUT2D eigenvalue weighted by atomic mass is 16.1. The highest BCUT2D eigenvalue weighted by molar-refractivity contribution is 5.72. The summed E-state index contributed by atoms with van der Waals surface area (Å²) in [5.41, 5.74) is 0.906. The minimum absolute atomic E-state index is 0.489. The van der Waals surface area contributed by atoms with E-state index in [0.29, 0.717) is 5.92 Å². The number of hydrogen-bond acceptors (Lipinski definition) is 1. The van der Waals surface area contributed by atoms with E-state index in [4.69, 9.17) is 0 Å². The van der Waals surface area contributed by atoms with E-state index >= 15 is 0 Å². The van der Waals surface area contributed by atoms with Crippen LogP contribution in [0.2, 0.25) is 0 Å². The molecule has 0 aromatic heterocycles. The van der Waals surface area contributed by atoms with Gasteiger partial charge in [0.2, 0.25) is 0 Å². The summed E-state index contributed by atoms with van der Waals surface area (Å²) in [4.78, 5) is 10.5. The first-order valence-corrected chi connectivity index (χ1v) is 4.55. The number of rotatable bonds is 6. The topological polar surface area (TPSA) is 17.1 Å². The van der Waals surface area contributed by atoms with Gasteiger partial charge in [0, 0.05) is 0 Å². The Morgan fingerprint density at radius 2 is 2.17 bits per heavy atom. The second-order valence-electron chi connectivity index (χ2n) is 2.91. The van der Waals surface area contributed by atoms with Crippen LogP contribution in [0.3, 0.4) is 0 Å². The van der Waals surface area contributed by atoms with Crippen LogP contribution in [0.4, 0.5) is 0 Å². The Hall–Kier alpha value is -0.850. The van der Waals surface area contributed by atoms with Crippen molar-refractivity contribution in [2.75, 3.05) is 0 Å². The number of aldehydes is 1. The maximum Gasteiger partial charge on any atom is 0.145 e. The van der Waals surface area contributed by atoms with Gasteiger partial charge in [-0.05, 0) is 30.8 Å². The van der Waals surface area contributed by atoms with Crippen molar-refractivity contribution in [2.45, 2.75) is 33.1 Å². The van der Waals surface area contributed by atoms with E-state index in [9.17, 15) is 4.79 Å². The molecule has 0 radical (unpaired) electrons. The first kappa shape index (κ1) is 11.2. The van der Waals surface area contributed by atoms with E-state index in [2.05, 4.69) is 19.6 Å². The van der Waals surface area contributed by atoms with Crippen molar-refractivity contribution in [3.05, 3.63) is 24.3 Å². The largest absolute Gasteiger partial charge is 0.298 e. The van der Waals surface area contributed by atoms with Crippen molar-refractivity contribution in [2.24, 2.45) is 5.92 Å². The van der Waals surface area contributed by atoms with Gasteiger partial charge in [-0.15, -0.1) is 6.58 Å². The average Bonchev–Trinajstić information content (AvgIpc) is 2.12. The highest BCUT2D eigenvalue weighted by Gasteiger charge is 2.01. The van der Waals surface area contributed by atoms with Gasteiger partial charge in [-0.3, -0.25) is 4.79 Å². The van der Waals surface area contributed by atoms with Crippen LogP contribution < -0.4 is 0 Å². The van der Waals surface area contributed by atoms with Crippen LogP contribution in [0.5, 0.6) is 0 Å². The first-order valence-electron chi connectivity index (χ1n) is 4.55. The van der Waals surface area contributed by atoms with Crippen LogP contribution in [-0.2, 0) is 4.79 Å². The molecule has 0 saturated heterocycles. The molecule has 0 fully saturated rings. The van der Waals surface area contributed by atoms with E-state index < -0.39 is 0 Å². The van der Waals surface area contributed by atoms with Crippen LogP contribution in [0.1, 0.15) is 33.1 Å². The van der Waals surface area contributed by atoms with Crippen molar-refractivity contribution < 1.29 is 4.79 Å². The van der Waals surface area contributed by atoms with Gasteiger partial charge in [-0.2, -0.15) is 0 Å². The Labute approximate surface area is 75.2 Å². The molecule has 0 aromatic rings. The molecule has 1 atom stereocenters. The second-order valence-corrected chi connectivity index (χ2v) is 2.91. The molecule has 0 rings (SSSR count). The van der Waals surface area contributed by atoms with E-state index in [1.807, 2.05) is 13.0 Å². The molecule has 1 heteroatoms. The minimum atomic E-state index is 0.489. The van der Waals surface area contributed by atoms with E-state index in [1.54, 1.807) is 0 Å². The second kappa shape index (κ2) is 6.84. The molecule has 1 unspecified atom stereocenters. The van der Waals surface area contributed by atoms with Gasteiger partial charge in [0.1, 0.15) is 6.29 Å². The zero-order chi connectivity index (χ0) is 9.40. The Balaban J connectivity index is 4.20. The standard InChI is InChI=1S/C11H18O/c1-4-7-10(5-2)8-11(6-3)9-12/h4,8-10H,1,5-7H2,2-3H3. The summed E-state index contributed by atoms with van der Waals surface area (Å²) in [5.74, 6) is 0.489. The zero-order valence-corrected chi connectivity index (χ0v) is 8.05. The summed E-state index contributed by atoms with van der Waals surface area (Å²) < 4.78 is 0. The average molecular weight is 166 g/mol. The maximum absolute atomic E-state index is 10.5. The molecule has 68 valence electrons. The number of carbonyl (C=O) groups is 1. The third-order valence-corrected chi connectivity index (χ3v) is 2.00.